The van der Waals surface area contributed by atoms with Crippen LogP contribution in [0.1, 0.15) is 5.56 Å². The van der Waals surface area contributed by atoms with E-state index in [1.54, 1.807) is 0 Å². The van der Waals surface area contributed by atoms with Crippen LogP contribution in [0.4, 0.5) is 5.69 Å². The van der Waals surface area contributed by atoms with Crippen molar-refractivity contribution >= 4 is 5.69 Å². The van der Waals surface area contributed by atoms with Gasteiger partial charge in [-0.1, -0.05) is 17.8 Å². The Balaban J connectivity index is 0.000000562. The second kappa shape index (κ2) is 5.04. The molecule has 0 saturated carbocycles. The molecular weight excluding hydrogens is 433 g/mol. The van der Waals surface area contributed by atoms with Gasteiger partial charge in [0.2, 0.25) is 0 Å². The molecule has 2 nitrogen and oxygen atoms in total. The van der Waals surface area contributed by atoms with E-state index in [1.807, 2.05) is 0 Å². The smallest absolute Gasteiger partial charge is 0.0683 e. The summed E-state index contributed by atoms with van der Waals surface area (Å²) in [6.07, 6.45) is 6.93. The van der Waals surface area contributed by atoms with E-state index >= 15 is 0 Å². The van der Waals surface area contributed by atoms with E-state index in [9.17, 15) is 0 Å². The van der Waals surface area contributed by atoms with Crippen molar-refractivity contribution in [1.82, 2.24) is 4.90 Å². The first-order valence-electron chi connectivity index (χ1n) is 4.49. The summed E-state index contributed by atoms with van der Waals surface area (Å²) in [5.74, 6) is 0. The van der Waals surface area contributed by atoms with Crippen molar-refractivity contribution in [2.45, 2.75) is 6.17 Å². The van der Waals surface area contributed by atoms with Crippen LogP contribution in [-0.4, -0.2) is 18.1 Å². The minimum Gasteiger partial charge on any atom is -0.386 e. The van der Waals surface area contributed by atoms with Crippen LogP contribution >= 0.6 is 0 Å². The van der Waals surface area contributed by atoms with Crippen LogP contribution in [0.25, 0.3) is 0 Å². The van der Waals surface area contributed by atoms with Gasteiger partial charge in [0, 0.05) is 73.2 Å². The largest absolute Gasteiger partial charge is 0.386 e. The summed E-state index contributed by atoms with van der Waals surface area (Å²) in [5, 5.41) is 0. The van der Waals surface area contributed by atoms with Gasteiger partial charge in [-0.3, -0.25) is 0 Å². The molecule has 1 aromatic rings. The third-order valence-corrected chi connectivity index (χ3v) is 2.71. The van der Waals surface area contributed by atoms with E-state index in [4.69, 9.17) is 0 Å². The molecule has 4 heteroatoms. The summed E-state index contributed by atoms with van der Waals surface area (Å²) >= 11 is 0. The standard InChI is InChI=1S/C11H11N2.W.Y/c1-12-6-7-13-10-5-3-2-4-9(10)8-11(12)13;;/h2-8,11H,1H3;;/q-1;;. The predicted molar refractivity (Wildman–Crippen MR) is 53.0 cm³/mol. The molecule has 1 radical (unpaired) electrons. The van der Waals surface area contributed by atoms with Crippen LogP contribution in [0.5, 0.6) is 0 Å². The zero-order chi connectivity index (χ0) is 8.84. The Morgan fingerprint density at radius 1 is 1.20 bits per heavy atom. The molecular formula is C11H11N2WY-. The number of hydrogen-bond donors (Lipinski definition) is 0. The van der Waals surface area contributed by atoms with Crippen molar-refractivity contribution in [3.8, 4) is 0 Å². The van der Waals surface area contributed by atoms with Crippen LogP contribution in [-0.2, 0) is 53.8 Å². The SMILES string of the molecule is CN1C=CN2c3ccccc3[CH-]C12.[W].[Y]. The van der Waals surface area contributed by atoms with Gasteiger partial charge in [-0.05, 0) is 0 Å². The Morgan fingerprint density at radius 2 is 1.93 bits per heavy atom. The molecule has 2 heterocycles. The molecule has 0 spiro atoms. The number of para-hydroxylation sites is 1. The first kappa shape index (κ1) is 13.3. The number of hydrogen-bond acceptors (Lipinski definition) is 2. The fourth-order valence-electron chi connectivity index (χ4n) is 1.99. The Hall–Kier alpha value is 0.222. The summed E-state index contributed by atoms with van der Waals surface area (Å²) in [4.78, 5) is 4.50. The Bertz CT molecular complexity index is 381. The fourth-order valence-corrected chi connectivity index (χ4v) is 1.99. The first-order chi connectivity index (χ1) is 6.36. The number of fused-ring (bicyclic) bond motifs is 3. The van der Waals surface area contributed by atoms with E-state index in [-0.39, 0.29) is 53.8 Å². The number of rotatable bonds is 0. The van der Waals surface area contributed by atoms with Gasteiger partial charge < -0.3 is 9.80 Å². The van der Waals surface area contributed by atoms with E-state index < -0.39 is 0 Å². The van der Waals surface area contributed by atoms with Gasteiger partial charge in [0.15, 0.2) is 0 Å². The van der Waals surface area contributed by atoms with Gasteiger partial charge in [-0.2, -0.15) is 11.6 Å². The van der Waals surface area contributed by atoms with E-state index in [0.29, 0.717) is 6.17 Å². The maximum atomic E-state index is 2.29. The van der Waals surface area contributed by atoms with Gasteiger partial charge in [0.1, 0.15) is 0 Å². The molecule has 0 fully saturated rings. The number of likely N-dealkylation sites (N-methyl/N-ethyl adjacent to an activating group) is 1. The molecule has 1 atom stereocenters. The van der Waals surface area contributed by atoms with Gasteiger partial charge in [0.25, 0.3) is 0 Å². The second-order valence-corrected chi connectivity index (χ2v) is 3.51. The molecule has 1 unspecified atom stereocenters. The quantitative estimate of drug-likeness (QED) is 0.564. The van der Waals surface area contributed by atoms with Crippen molar-refractivity contribution in [2.24, 2.45) is 0 Å². The average Bonchev–Trinajstić information content (AvgIpc) is 2.67. The van der Waals surface area contributed by atoms with Crippen molar-refractivity contribution in [2.75, 3.05) is 11.9 Å². The molecule has 0 saturated heterocycles. The Morgan fingerprint density at radius 3 is 2.73 bits per heavy atom. The minimum absolute atomic E-state index is 0. The zero-order valence-corrected chi connectivity index (χ0v) is 14.3. The number of benzene rings is 1. The van der Waals surface area contributed by atoms with Crippen LogP contribution in [0, 0.1) is 6.42 Å². The monoisotopic (exact) mass is 444 g/mol. The maximum Gasteiger partial charge on any atom is 0.0683 e. The van der Waals surface area contributed by atoms with Gasteiger partial charge in [0.05, 0.1) is 6.17 Å². The zero-order valence-electron chi connectivity index (χ0n) is 8.50. The average molecular weight is 444 g/mol. The fraction of sp³-hybridized carbons (Fsp3) is 0.182. The second-order valence-electron chi connectivity index (χ2n) is 3.51. The van der Waals surface area contributed by atoms with Gasteiger partial charge >= 0.3 is 0 Å². The normalized spacial score (nSPS) is 19.9. The van der Waals surface area contributed by atoms with Crippen molar-refractivity contribution in [3.63, 3.8) is 0 Å². The molecule has 2 aliphatic rings. The van der Waals surface area contributed by atoms with E-state index in [1.165, 1.54) is 11.3 Å². The summed E-state index contributed by atoms with van der Waals surface area (Å²) in [7, 11) is 2.10. The van der Waals surface area contributed by atoms with Crippen LogP contribution < -0.4 is 4.90 Å². The number of nitrogens with zero attached hydrogens (tertiary/aromatic N) is 2. The van der Waals surface area contributed by atoms with Crippen molar-refractivity contribution < 1.29 is 53.8 Å². The van der Waals surface area contributed by atoms with Crippen LogP contribution in [0.15, 0.2) is 36.7 Å². The Labute approximate surface area is 130 Å². The molecule has 0 amide bonds. The molecule has 0 N–H and O–H groups in total. The first-order valence-corrected chi connectivity index (χ1v) is 4.49. The molecule has 1 aromatic carbocycles. The molecule has 3 rings (SSSR count). The van der Waals surface area contributed by atoms with Gasteiger partial charge in [-0.25, -0.2) is 0 Å². The number of anilines is 1. The molecule has 0 aliphatic carbocycles. The third-order valence-electron chi connectivity index (χ3n) is 2.71. The maximum absolute atomic E-state index is 2.29. The van der Waals surface area contributed by atoms with Gasteiger partial charge in [-0.15, -0.1) is 12.5 Å². The molecule has 0 bridgehead atoms. The predicted octanol–water partition coefficient (Wildman–Crippen LogP) is 1.80. The topological polar surface area (TPSA) is 6.48 Å². The van der Waals surface area contributed by atoms with Crippen molar-refractivity contribution in [3.05, 3.63) is 48.6 Å². The third kappa shape index (κ3) is 2.05. The molecule has 0 aromatic heterocycles. The van der Waals surface area contributed by atoms with Crippen LogP contribution in [0.3, 0.4) is 0 Å². The van der Waals surface area contributed by atoms with E-state index in [2.05, 4.69) is 59.9 Å². The van der Waals surface area contributed by atoms with E-state index in [0.717, 1.165) is 0 Å². The summed E-state index contributed by atoms with van der Waals surface area (Å²) < 4.78 is 0. The van der Waals surface area contributed by atoms with Crippen molar-refractivity contribution in [1.29, 1.82) is 0 Å². The van der Waals surface area contributed by atoms with Crippen LogP contribution in [0.2, 0.25) is 0 Å². The summed E-state index contributed by atoms with van der Waals surface area (Å²) in [6, 6.07) is 8.49. The molecule has 2 aliphatic heterocycles. The Kier molecular flexibility index (Phi) is 4.46. The summed E-state index contributed by atoms with van der Waals surface area (Å²) in [6.45, 7) is 0. The minimum atomic E-state index is 0. The molecule has 15 heavy (non-hydrogen) atoms. The summed E-state index contributed by atoms with van der Waals surface area (Å²) in [5.41, 5.74) is 2.65. The molecule has 75 valence electrons.